The number of rotatable bonds is 1. The molecule has 1 heterocycles. The molecular weight excluding hydrogens is 164 g/mol. The van der Waals surface area contributed by atoms with Crippen molar-refractivity contribution in [1.29, 1.82) is 5.41 Å². The summed E-state index contributed by atoms with van der Waals surface area (Å²) >= 11 is 0. The van der Waals surface area contributed by atoms with Crippen LogP contribution in [0.3, 0.4) is 0 Å². The van der Waals surface area contributed by atoms with Crippen molar-refractivity contribution < 1.29 is 4.74 Å². The van der Waals surface area contributed by atoms with E-state index in [-0.39, 0.29) is 11.9 Å². The highest BCUT2D eigenvalue weighted by atomic mass is 16.5. The lowest BCUT2D eigenvalue weighted by Gasteiger charge is -2.24. The minimum atomic E-state index is -0.329. The van der Waals surface area contributed by atoms with Crippen molar-refractivity contribution in [1.82, 2.24) is 0 Å². The molecule has 0 aromatic heterocycles. The third-order valence-corrected chi connectivity index (χ3v) is 2.28. The lowest BCUT2D eigenvalue weighted by atomic mass is 9.97. The van der Waals surface area contributed by atoms with Crippen LogP contribution in [0.15, 0.2) is 24.3 Å². The molecule has 0 spiro atoms. The molecule has 0 saturated carbocycles. The number of hydrogen-bond acceptors (Lipinski definition) is 2. The maximum absolute atomic E-state index is 7.37. The fourth-order valence-electron chi connectivity index (χ4n) is 1.65. The minimum absolute atomic E-state index is 0.0900. The van der Waals surface area contributed by atoms with Gasteiger partial charge in [-0.3, -0.25) is 5.41 Å². The van der Waals surface area contributed by atoms with Crippen molar-refractivity contribution in [2.45, 2.75) is 12.5 Å². The monoisotopic (exact) mass is 176 g/mol. The normalized spacial score (nSPS) is 20.8. The van der Waals surface area contributed by atoms with Crippen LogP contribution in [-0.4, -0.2) is 12.4 Å². The summed E-state index contributed by atoms with van der Waals surface area (Å²) in [6.45, 7) is 0.654. The molecule has 0 radical (unpaired) electrons. The van der Waals surface area contributed by atoms with Gasteiger partial charge in [0.25, 0.3) is 0 Å². The largest absolute Gasteiger partial charge is 0.385 e. The average molecular weight is 176 g/mol. The van der Waals surface area contributed by atoms with Gasteiger partial charge in [0, 0.05) is 0 Å². The molecule has 0 bridgehead atoms. The summed E-state index contributed by atoms with van der Waals surface area (Å²) in [5.41, 5.74) is 7.73. The highest BCUT2D eigenvalue weighted by molar-refractivity contribution is 5.83. The molecule has 1 atom stereocenters. The molecule has 13 heavy (non-hydrogen) atoms. The van der Waals surface area contributed by atoms with Crippen LogP contribution in [0, 0.1) is 5.41 Å². The van der Waals surface area contributed by atoms with Crippen LogP contribution >= 0.6 is 0 Å². The summed E-state index contributed by atoms with van der Waals surface area (Å²) in [5.74, 6) is 0.0900. The SMILES string of the molecule is N=C(N)[C@@H]1OCCc2ccccc21. The lowest BCUT2D eigenvalue weighted by Crippen LogP contribution is -2.28. The first-order valence-corrected chi connectivity index (χ1v) is 4.32. The molecule has 0 saturated heterocycles. The Kier molecular flexibility index (Phi) is 2.02. The van der Waals surface area contributed by atoms with E-state index >= 15 is 0 Å². The van der Waals surface area contributed by atoms with E-state index in [0.29, 0.717) is 6.61 Å². The zero-order chi connectivity index (χ0) is 9.26. The van der Waals surface area contributed by atoms with Crippen LogP contribution < -0.4 is 5.73 Å². The second-order valence-electron chi connectivity index (χ2n) is 3.15. The Hall–Kier alpha value is -1.35. The van der Waals surface area contributed by atoms with Gasteiger partial charge in [0.2, 0.25) is 0 Å². The highest BCUT2D eigenvalue weighted by Crippen LogP contribution is 2.26. The fourth-order valence-corrected chi connectivity index (χ4v) is 1.65. The van der Waals surface area contributed by atoms with E-state index in [2.05, 4.69) is 6.07 Å². The molecule has 1 aliphatic rings. The molecule has 0 aliphatic carbocycles. The van der Waals surface area contributed by atoms with E-state index in [1.165, 1.54) is 5.56 Å². The number of nitrogens with two attached hydrogens (primary N) is 1. The number of hydrogen-bond donors (Lipinski definition) is 2. The van der Waals surface area contributed by atoms with Crippen LogP contribution in [0.1, 0.15) is 17.2 Å². The van der Waals surface area contributed by atoms with Crippen molar-refractivity contribution in [3.8, 4) is 0 Å². The molecule has 1 aliphatic heterocycles. The first-order chi connectivity index (χ1) is 6.29. The second kappa shape index (κ2) is 3.18. The number of ether oxygens (including phenoxy) is 1. The summed E-state index contributed by atoms with van der Waals surface area (Å²) in [4.78, 5) is 0. The Morgan fingerprint density at radius 3 is 3.00 bits per heavy atom. The predicted molar refractivity (Wildman–Crippen MR) is 50.8 cm³/mol. The van der Waals surface area contributed by atoms with Crippen molar-refractivity contribution in [3.05, 3.63) is 35.4 Å². The van der Waals surface area contributed by atoms with Crippen molar-refractivity contribution in [2.24, 2.45) is 5.73 Å². The Labute approximate surface area is 77.0 Å². The van der Waals surface area contributed by atoms with Gasteiger partial charge < -0.3 is 10.5 Å². The van der Waals surface area contributed by atoms with E-state index in [1.807, 2.05) is 18.2 Å². The van der Waals surface area contributed by atoms with Crippen molar-refractivity contribution in [2.75, 3.05) is 6.61 Å². The van der Waals surface area contributed by atoms with Gasteiger partial charge in [0.15, 0.2) is 0 Å². The molecule has 0 unspecified atom stereocenters. The Morgan fingerprint density at radius 2 is 2.23 bits per heavy atom. The number of nitrogens with one attached hydrogen (secondary N) is 1. The molecule has 1 aromatic rings. The maximum atomic E-state index is 7.37. The molecule has 0 fully saturated rings. The number of benzene rings is 1. The molecule has 3 heteroatoms. The fraction of sp³-hybridized carbons (Fsp3) is 0.300. The van der Waals surface area contributed by atoms with E-state index in [4.69, 9.17) is 15.9 Å². The van der Waals surface area contributed by atoms with E-state index < -0.39 is 0 Å². The maximum Gasteiger partial charge on any atom is 0.139 e. The third-order valence-electron chi connectivity index (χ3n) is 2.28. The summed E-state index contributed by atoms with van der Waals surface area (Å²) in [5, 5.41) is 7.37. The van der Waals surface area contributed by atoms with Gasteiger partial charge in [0.1, 0.15) is 11.9 Å². The van der Waals surface area contributed by atoms with Gasteiger partial charge in [0.05, 0.1) is 6.61 Å². The quantitative estimate of drug-likeness (QED) is 0.499. The zero-order valence-electron chi connectivity index (χ0n) is 7.29. The lowest BCUT2D eigenvalue weighted by molar-refractivity contribution is 0.0864. The van der Waals surface area contributed by atoms with E-state index in [9.17, 15) is 0 Å². The topological polar surface area (TPSA) is 59.1 Å². The molecular formula is C10H12N2O. The number of fused-ring (bicyclic) bond motifs is 1. The van der Waals surface area contributed by atoms with Gasteiger partial charge in [-0.1, -0.05) is 24.3 Å². The summed E-state index contributed by atoms with van der Waals surface area (Å²) in [7, 11) is 0. The van der Waals surface area contributed by atoms with Gasteiger partial charge >= 0.3 is 0 Å². The molecule has 3 N–H and O–H groups in total. The molecule has 68 valence electrons. The predicted octanol–water partition coefficient (Wildman–Crippen LogP) is 1.24. The second-order valence-corrected chi connectivity index (χ2v) is 3.15. The smallest absolute Gasteiger partial charge is 0.139 e. The number of amidine groups is 1. The molecule has 1 aromatic carbocycles. The van der Waals surface area contributed by atoms with E-state index in [0.717, 1.165) is 12.0 Å². The van der Waals surface area contributed by atoms with Gasteiger partial charge in [-0.05, 0) is 17.5 Å². The highest BCUT2D eigenvalue weighted by Gasteiger charge is 2.22. The van der Waals surface area contributed by atoms with Crippen LogP contribution in [0.2, 0.25) is 0 Å². The Balaban J connectivity index is 2.42. The average Bonchev–Trinajstić information content (AvgIpc) is 2.17. The van der Waals surface area contributed by atoms with Gasteiger partial charge in [-0.25, -0.2) is 0 Å². The van der Waals surface area contributed by atoms with Gasteiger partial charge in [-0.2, -0.15) is 0 Å². The summed E-state index contributed by atoms with van der Waals surface area (Å²) in [6.07, 6.45) is 0.588. The Morgan fingerprint density at radius 1 is 1.46 bits per heavy atom. The third kappa shape index (κ3) is 1.42. The van der Waals surface area contributed by atoms with Crippen LogP contribution in [-0.2, 0) is 11.2 Å². The Bertz CT molecular complexity index is 335. The first-order valence-electron chi connectivity index (χ1n) is 4.32. The van der Waals surface area contributed by atoms with Crippen LogP contribution in [0.25, 0.3) is 0 Å². The summed E-state index contributed by atoms with van der Waals surface area (Å²) in [6, 6.07) is 7.99. The van der Waals surface area contributed by atoms with Crippen LogP contribution in [0.5, 0.6) is 0 Å². The molecule has 0 amide bonds. The van der Waals surface area contributed by atoms with Gasteiger partial charge in [-0.15, -0.1) is 0 Å². The van der Waals surface area contributed by atoms with Crippen LogP contribution in [0.4, 0.5) is 0 Å². The first kappa shape index (κ1) is 8.26. The molecule has 2 rings (SSSR count). The standard InChI is InChI=1S/C10H12N2O/c11-10(12)9-8-4-2-1-3-7(8)5-6-13-9/h1-4,9H,5-6H2,(H3,11,12)/t9-/m1/s1. The zero-order valence-corrected chi connectivity index (χ0v) is 7.29. The summed E-state index contributed by atoms with van der Waals surface area (Å²) < 4.78 is 5.42. The van der Waals surface area contributed by atoms with E-state index in [1.54, 1.807) is 0 Å². The van der Waals surface area contributed by atoms with Crippen molar-refractivity contribution in [3.63, 3.8) is 0 Å². The minimum Gasteiger partial charge on any atom is -0.385 e. The molecule has 3 nitrogen and oxygen atoms in total. The van der Waals surface area contributed by atoms with Crippen molar-refractivity contribution >= 4 is 5.84 Å².